The summed E-state index contributed by atoms with van der Waals surface area (Å²) in [6, 6.07) is 10.0. The van der Waals surface area contributed by atoms with Gasteiger partial charge in [0.1, 0.15) is 0 Å². The van der Waals surface area contributed by atoms with Crippen molar-refractivity contribution in [1.29, 1.82) is 0 Å². The first-order chi connectivity index (χ1) is 8.81. The minimum absolute atomic E-state index is 0.118. The Hall–Kier alpha value is -1.35. The van der Waals surface area contributed by atoms with Crippen molar-refractivity contribution in [3.63, 3.8) is 0 Å². The molecule has 0 saturated heterocycles. The fourth-order valence-corrected chi connectivity index (χ4v) is 2.75. The Balaban J connectivity index is 1.87. The average molecular weight is 246 g/mol. The minimum Gasteiger partial charge on any atom is -0.352 e. The van der Waals surface area contributed by atoms with Crippen LogP contribution in [0.4, 0.5) is 0 Å². The maximum Gasteiger partial charge on any atom is 0.223 e. The summed E-state index contributed by atoms with van der Waals surface area (Å²) in [7, 11) is 0. The van der Waals surface area contributed by atoms with E-state index < -0.39 is 0 Å². The van der Waals surface area contributed by atoms with Gasteiger partial charge in [0.15, 0.2) is 0 Å². The Bertz CT molecular complexity index is 377. The zero-order valence-corrected chi connectivity index (χ0v) is 10.8. The predicted octanol–water partition coefficient (Wildman–Crippen LogP) is 2.07. The lowest BCUT2D eigenvalue weighted by Gasteiger charge is -2.29. The molecule has 2 atom stereocenters. The van der Waals surface area contributed by atoms with E-state index in [4.69, 9.17) is 5.73 Å². The molecule has 0 bridgehead atoms. The van der Waals surface area contributed by atoms with Crippen molar-refractivity contribution in [3.8, 4) is 0 Å². The standard InChI is InChI=1S/C15H22N2O/c16-10-13-8-4-5-9-14(13)15(18)17-11-12-6-2-1-3-7-12/h1-3,6-7,13-14H,4-5,8-11,16H2,(H,17,18). The number of hydrogen-bond donors (Lipinski definition) is 2. The van der Waals surface area contributed by atoms with Crippen molar-refractivity contribution in [1.82, 2.24) is 5.32 Å². The highest BCUT2D eigenvalue weighted by Crippen LogP contribution is 2.29. The summed E-state index contributed by atoms with van der Waals surface area (Å²) in [6.07, 6.45) is 4.45. The van der Waals surface area contributed by atoms with E-state index in [2.05, 4.69) is 5.32 Å². The van der Waals surface area contributed by atoms with Crippen molar-refractivity contribution in [3.05, 3.63) is 35.9 Å². The lowest BCUT2D eigenvalue weighted by atomic mass is 9.79. The first-order valence-electron chi connectivity index (χ1n) is 6.83. The van der Waals surface area contributed by atoms with E-state index in [0.29, 0.717) is 19.0 Å². The second-order valence-electron chi connectivity index (χ2n) is 5.09. The molecular formula is C15H22N2O. The van der Waals surface area contributed by atoms with Gasteiger partial charge in [-0.25, -0.2) is 0 Å². The molecule has 3 heteroatoms. The number of benzene rings is 1. The summed E-state index contributed by atoms with van der Waals surface area (Å²) >= 11 is 0. The zero-order chi connectivity index (χ0) is 12.8. The van der Waals surface area contributed by atoms with Gasteiger partial charge in [-0.15, -0.1) is 0 Å². The number of rotatable bonds is 4. The third kappa shape index (κ3) is 3.33. The summed E-state index contributed by atoms with van der Waals surface area (Å²) in [5, 5.41) is 3.04. The molecule has 1 aromatic carbocycles. The lowest BCUT2D eigenvalue weighted by molar-refractivity contribution is -0.127. The highest BCUT2D eigenvalue weighted by Gasteiger charge is 2.29. The van der Waals surface area contributed by atoms with Crippen LogP contribution in [-0.2, 0) is 11.3 Å². The van der Waals surface area contributed by atoms with E-state index in [-0.39, 0.29) is 11.8 Å². The van der Waals surface area contributed by atoms with Crippen molar-refractivity contribution in [2.24, 2.45) is 17.6 Å². The van der Waals surface area contributed by atoms with E-state index in [1.54, 1.807) is 0 Å². The molecule has 18 heavy (non-hydrogen) atoms. The predicted molar refractivity (Wildman–Crippen MR) is 72.8 cm³/mol. The van der Waals surface area contributed by atoms with E-state index in [1.807, 2.05) is 30.3 Å². The quantitative estimate of drug-likeness (QED) is 0.854. The molecule has 0 aromatic heterocycles. The molecule has 1 aliphatic rings. The van der Waals surface area contributed by atoms with Crippen molar-refractivity contribution < 1.29 is 4.79 Å². The van der Waals surface area contributed by atoms with Crippen LogP contribution in [0, 0.1) is 11.8 Å². The van der Waals surface area contributed by atoms with E-state index in [1.165, 1.54) is 6.42 Å². The zero-order valence-electron chi connectivity index (χ0n) is 10.8. The van der Waals surface area contributed by atoms with Gasteiger partial charge in [-0.2, -0.15) is 0 Å². The maximum absolute atomic E-state index is 12.2. The Morgan fingerprint density at radius 2 is 1.94 bits per heavy atom. The molecule has 3 N–H and O–H groups in total. The van der Waals surface area contributed by atoms with Gasteiger partial charge in [-0.1, -0.05) is 43.2 Å². The summed E-state index contributed by atoms with van der Waals surface area (Å²) in [6.45, 7) is 1.25. The fourth-order valence-electron chi connectivity index (χ4n) is 2.75. The van der Waals surface area contributed by atoms with E-state index in [0.717, 1.165) is 24.8 Å². The molecule has 98 valence electrons. The average Bonchev–Trinajstić information content (AvgIpc) is 2.45. The van der Waals surface area contributed by atoms with Gasteiger partial charge in [0.25, 0.3) is 0 Å². The van der Waals surface area contributed by atoms with Crippen LogP contribution in [0.2, 0.25) is 0 Å². The largest absolute Gasteiger partial charge is 0.352 e. The van der Waals surface area contributed by atoms with Crippen molar-refractivity contribution >= 4 is 5.91 Å². The van der Waals surface area contributed by atoms with Gasteiger partial charge in [0.2, 0.25) is 5.91 Å². The van der Waals surface area contributed by atoms with Crippen LogP contribution in [0.1, 0.15) is 31.2 Å². The second-order valence-corrected chi connectivity index (χ2v) is 5.09. The Labute approximate surface area is 109 Å². The van der Waals surface area contributed by atoms with Gasteiger partial charge in [-0.3, -0.25) is 4.79 Å². The van der Waals surface area contributed by atoms with Gasteiger partial charge in [0.05, 0.1) is 0 Å². The lowest BCUT2D eigenvalue weighted by Crippen LogP contribution is -2.39. The number of carbonyl (C=O) groups is 1. The Morgan fingerprint density at radius 3 is 2.67 bits per heavy atom. The minimum atomic E-state index is 0.118. The molecule has 0 radical (unpaired) electrons. The second kappa shape index (κ2) is 6.55. The highest BCUT2D eigenvalue weighted by atomic mass is 16.1. The molecule has 0 spiro atoms. The van der Waals surface area contributed by atoms with Crippen molar-refractivity contribution in [2.45, 2.75) is 32.2 Å². The van der Waals surface area contributed by atoms with Crippen LogP contribution < -0.4 is 11.1 Å². The van der Waals surface area contributed by atoms with Crippen LogP contribution in [-0.4, -0.2) is 12.5 Å². The monoisotopic (exact) mass is 246 g/mol. The SMILES string of the molecule is NCC1CCCCC1C(=O)NCc1ccccc1. The van der Waals surface area contributed by atoms with Crippen LogP contribution in [0.5, 0.6) is 0 Å². The summed E-state index contributed by atoms with van der Waals surface area (Å²) in [5.41, 5.74) is 6.90. The van der Waals surface area contributed by atoms with Crippen molar-refractivity contribution in [2.75, 3.05) is 6.54 Å². The Kier molecular flexibility index (Phi) is 4.76. The van der Waals surface area contributed by atoms with Crippen LogP contribution in [0.25, 0.3) is 0 Å². The first-order valence-corrected chi connectivity index (χ1v) is 6.83. The topological polar surface area (TPSA) is 55.1 Å². The van der Waals surface area contributed by atoms with Gasteiger partial charge < -0.3 is 11.1 Å². The Morgan fingerprint density at radius 1 is 1.22 bits per heavy atom. The fraction of sp³-hybridized carbons (Fsp3) is 0.533. The third-order valence-corrected chi connectivity index (χ3v) is 3.86. The number of carbonyl (C=O) groups excluding carboxylic acids is 1. The van der Waals surface area contributed by atoms with Gasteiger partial charge in [-0.05, 0) is 30.9 Å². The molecular weight excluding hydrogens is 224 g/mol. The molecule has 1 amide bonds. The molecule has 0 aliphatic heterocycles. The molecule has 1 saturated carbocycles. The van der Waals surface area contributed by atoms with Gasteiger partial charge >= 0.3 is 0 Å². The molecule has 0 heterocycles. The molecule has 2 rings (SSSR count). The smallest absolute Gasteiger partial charge is 0.223 e. The molecule has 1 aliphatic carbocycles. The molecule has 1 fully saturated rings. The normalized spacial score (nSPS) is 23.6. The number of amides is 1. The van der Waals surface area contributed by atoms with Crippen LogP contribution in [0.3, 0.4) is 0 Å². The summed E-state index contributed by atoms with van der Waals surface area (Å²) in [5.74, 6) is 0.663. The van der Waals surface area contributed by atoms with Crippen LogP contribution >= 0.6 is 0 Å². The van der Waals surface area contributed by atoms with E-state index >= 15 is 0 Å². The van der Waals surface area contributed by atoms with Gasteiger partial charge in [0, 0.05) is 12.5 Å². The summed E-state index contributed by atoms with van der Waals surface area (Å²) in [4.78, 5) is 12.2. The maximum atomic E-state index is 12.2. The molecule has 2 unspecified atom stereocenters. The van der Waals surface area contributed by atoms with Crippen LogP contribution in [0.15, 0.2) is 30.3 Å². The number of nitrogens with one attached hydrogen (secondary N) is 1. The third-order valence-electron chi connectivity index (χ3n) is 3.86. The molecule has 1 aromatic rings. The number of hydrogen-bond acceptors (Lipinski definition) is 2. The molecule has 3 nitrogen and oxygen atoms in total. The first kappa shape index (κ1) is 13.1. The summed E-state index contributed by atoms with van der Waals surface area (Å²) < 4.78 is 0. The van der Waals surface area contributed by atoms with E-state index in [9.17, 15) is 4.79 Å². The number of nitrogens with two attached hydrogens (primary N) is 1. The highest BCUT2D eigenvalue weighted by molar-refractivity contribution is 5.79.